The third-order valence-corrected chi connectivity index (χ3v) is 23.3. The average Bonchev–Trinajstić information content (AvgIpc) is 1.52. The molecule has 0 aliphatic carbocycles. The Bertz CT molecular complexity index is 3160. The van der Waals surface area contributed by atoms with Crippen LogP contribution < -0.4 is 9.80 Å². The van der Waals surface area contributed by atoms with E-state index in [-0.39, 0.29) is 10.8 Å². The quantitative estimate of drug-likeness (QED) is 0.0215. The molecule has 0 saturated carbocycles. The summed E-state index contributed by atoms with van der Waals surface area (Å²) in [6.45, 7) is 24.8. The number of benzene rings is 3. The largest absolute Gasteiger partial charge is 0.373 e. The Kier molecular flexibility index (Phi) is 32.1. The number of nitrogens with zero attached hydrogens (tertiary/aromatic N) is 6. The Balaban J connectivity index is 1.27. The number of aromatic nitrogens is 4. The lowest BCUT2D eigenvalue weighted by molar-refractivity contribution is -0.107. The first kappa shape index (κ1) is 73.7. The van der Waals surface area contributed by atoms with Crippen LogP contribution in [-0.2, 0) is 15.6 Å². The smallest absolute Gasteiger partial charge is 0.214 e. The predicted octanol–water partition coefficient (Wildman–Crippen LogP) is 26.8. The van der Waals surface area contributed by atoms with Gasteiger partial charge in [-0.05, 0) is 78.2 Å². The van der Waals surface area contributed by atoms with E-state index in [1.807, 2.05) is 22.7 Å². The van der Waals surface area contributed by atoms with Crippen molar-refractivity contribution in [3.8, 4) is 10.4 Å². The van der Waals surface area contributed by atoms with Crippen LogP contribution >= 0.6 is 34.4 Å². The molecule has 0 radical (unpaired) electrons. The Labute approximate surface area is 561 Å². The maximum absolute atomic E-state index is 14.2. The second-order valence-corrected chi connectivity index (χ2v) is 32.6. The van der Waals surface area contributed by atoms with Gasteiger partial charge in [-0.15, -0.1) is 22.7 Å². The van der Waals surface area contributed by atoms with Crippen molar-refractivity contribution in [3.63, 3.8) is 0 Å². The number of unbranched alkanes of at least 4 members (excludes halogenated alkanes) is 32. The van der Waals surface area contributed by atoms with Gasteiger partial charge < -0.3 is 9.80 Å². The van der Waals surface area contributed by atoms with Crippen molar-refractivity contribution in [3.05, 3.63) is 46.8 Å². The first-order valence-electron chi connectivity index (χ1n) is 37.5. The molecule has 0 bridgehead atoms. The zero-order chi connectivity index (χ0) is 64.1. The van der Waals surface area contributed by atoms with Crippen LogP contribution in [0.3, 0.4) is 0 Å². The summed E-state index contributed by atoms with van der Waals surface area (Å²) in [5.41, 5.74) is 10.0. The van der Waals surface area contributed by atoms with Crippen LogP contribution in [0.5, 0.6) is 0 Å². The van der Waals surface area contributed by atoms with Gasteiger partial charge in [0.1, 0.15) is 11.0 Å². The minimum atomic E-state index is -0.0521. The van der Waals surface area contributed by atoms with E-state index < -0.39 is 0 Å². The topological polar surface area (TPSA) is 75.1 Å². The van der Waals surface area contributed by atoms with Gasteiger partial charge in [0.25, 0.3) is 0 Å². The lowest BCUT2D eigenvalue weighted by Gasteiger charge is -2.32. The molecule has 1 amide bonds. The number of hydrogen-bond donors (Lipinski definition) is 0. The van der Waals surface area contributed by atoms with Gasteiger partial charge in [0.2, 0.25) is 6.41 Å². The van der Waals surface area contributed by atoms with Crippen molar-refractivity contribution in [1.29, 1.82) is 0 Å². The zero-order valence-electron chi connectivity index (χ0n) is 59.2. The van der Waals surface area contributed by atoms with Crippen LogP contribution in [0.1, 0.15) is 337 Å². The molecule has 7 rings (SSSR count). The highest BCUT2D eigenvalue weighted by molar-refractivity contribution is 7.29. The molecular weight excluding hydrogens is 1160 g/mol. The molecule has 0 saturated heterocycles. The molecule has 0 aliphatic heterocycles. The van der Waals surface area contributed by atoms with E-state index in [4.69, 9.17) is 18.7 Å². The second kappa shape index (κ2) is 39.2. The Morgan fingerprint density at radius 2 is 0.822 bits per heavy atom. The number of hydrogen-bond acceptors (Lipinski definition) is 9. The summed E-state index contributed by atoms with van der Waals surface area (Å²) in [6, 6.07) is 14.0. The highest BCUT2D eigenvalue weighted by atomic mass is 32.1. The normalized spacial score (nSPS) is 13.1. The van der Waals surface area contributed by atoms with Crippen LogP contribution in [0, 0.1) is 11.8 Å². The second-order valence-electron chi connectivity index (χ2n) is 29.9. The Morgan fingerprint density at radius 1 is 0.433 bits per heavy atom. The van der Waals surface area contributed by atoms with Crippen molar-refractivity contribution < 1.29 is 4.79 Å². The van der Waals surface area contributed by atoms with Gasteiger partial charge in [-0.1, -0.05) is 313 Å². The SMILES string of the molecule is CCCCCCCCCCCCC(CCCCCCCCCC)CN(C)c1cc2nc3c4cc(-c5ccc(C(C)(C)C)c6nsnc56)sc4c4sc(C(C)(C)C)cc4c3nc2cc1N(C=O)CC(CCCCCCCCCC)CCCCCCCCCCCC. The molecule has 0 N–H and O–H groups in total. The molecule has 3 aromatic carbocycles. The van der Waals surface area contributed by atoms with Crippen molar-refractivity contribution in [2.75, 3.05) is 29.9 Å². The number of carbonyl (C=O) groups excluding carboxylic acids is 1. The third kappa shape index (κ3) is 22.5. The van der Waals surface area contributed by atoms with Crippen molar-refractivity contribution >= 4 is 105 Å². The molecule has 0 aliphatic rings. The summed E-state index contributed by atoms with van der Waals surface area (Å²) < 4.78 is 12.4. The van der Waals surface area contributed by atoms with Crippen molar-refractivity contribution in [1.82, 2.24) is 18.7 Å². The fraction of sp³-hybridized carbons (Fsp3) is 0.713. The molecular formula is C80H126N6OS3. The fourth-order valence-electron chi connectivity index (χ4n) is 14.2. The van der Waals surface area contributed by atoms with E-state index in [0.29, 0.717) is 11.8 Å². The average molecular weight is 1280 g/mol. The molecule has 4 aromatic heterocycles. The molecule has 10 heteroatoms. The molecule has 2 unspecified atom stereocenters. The van der Waals surface area contributed by atoms with Crippen LogP contribution in [0.4, 0.5) is 11.4 Å². The summed E-state index contributed by atoms with van der Waals surface area (Å²) in [5, 5.41) is 2.32. The Morgan fingerprint density at radius 3 is 1.24 bits per heavy atom. The number of anilines is 2. The molecule has 7 aromatic rings. The predicted molar refractivity (Wildman–Crippen MR) is 403 cm³/mol. The molecule has 0 fully saturated rings. The number of amides is 1. The summed E-state index contributed by atoms with van der Waals surface area (Å²) in [4.78, 5) is 32.9. The fourth-order valence-corrected chi connectivity index (χ4v) is 17.4. The van der Waals surface area contributed by atoms with Crippen LogP contribution in [0.2, 0.25) is 0 Å². The van der Waals surface area contributed by atoms with Gasteiger partial charge in [-0.25, -0.2) is 9.97 Å². The van der Waals surface area contributed by atoms with E-state index in [9.17, 15) is 4.79 Å². The van der Waals surface area contributed by atoms with Crippen LogP contribution in [0.25, 0.3) is 63.7 Å². The van der Waals surface area contributed by atoms with E-state index in [1.54, 1.807) is 0 Å². The number of thiophene rings is 2. The summed E-state index contributed by atoms with van der Waals surface area (Å²) in [5.74, 6) is 1.02. The van der Waals surface area contributed by atoms with E-state index in [0.717, 1.165) is 68.5 Å². The molecule has 2 atom stereocenters. The van der Waals surface area contributed by atoms with E-state index in [2.05, 4.69) is 122 Å². The molecule has 0 spiro atoms. The van der Waals surface area contributed by atoms with E-state index in [1.165, 1.54) is 305 Å². The third-order valence-electron chi connectivity index (χ3n) is 19.9. The first-order chi connectivity index (χ1) is 43.7. The van der Waals surface area contributed by atoms with Gasteiger partial charge in [-0.2, -0.15) is 8.75 Å². The minimum absolute atomic E-state index is 0.0379. The molecule has 90 heavy (non-hydrogen) atoms. The zero-order valence-corrected chi connectivity index (χ0v) is 61.7. The summed E-state index contributed by atoms with van der Waals surface area (Å²) in [7, 11) is 2.33. The minimum Gasteiger partial charge on any atom is -0.373 e. The summed E-state index contributed by atoms with van der Waals surface area (Å²) >= 11 is 5.09. The Hall–Kier alpha value is -3.73. The maximum atomic E-state index is 14.2. The first-order valence-corrected chi connectivity index (χ1v) is 39.9. The maximum Gasteiger partial charge on any atom is 0.214 e. The van der Waals surface area contributed by atoms with Crippen molar-refractivity contribution in [2.45, 2.75) is 337 Å². The standard InChI is InChI=1S/C80H126N6OS3/c1-12-16-20-24-28-32-34-38-41-45-49-61(48-44-40-36-30-26-22-18-14-3)58-85(11)69-56-67-68(57-70(69)86(60-87)59-62(50-46-42-37-31-27-23-19-15-4)51-47-43-39-35-33-29-25-21-17-13-2)82-74-65-55-72(80(8,9)10)89-78(65)77-64(73(74)81-67)54-71(88-77)63-52-53-66(79(5,6)7)76-75(63)83-90-84-76/h52-57,60-62H,12-51,58-59H2,1-11H3. The van der Waals surface area contributed by atoms with Crippen LogP contribution in [0.15, 0.2) is 36.4 Å². The van der Waals surface area contributed by atoms with E-state index >= 15 is 0 Å². The highest BCUT2D eigenvalue weighted by Crippen LogP contribution is 2.49. The van der Waals surface area contributed by atoms with Gasteiger partial charge in [0.15, 0.2) is 0 Å². The lowest BCUT2D eigenvalue weighted by Crippen LogP contribution is -2.32. The van der Waals surface area contributed by atoms with Crippen molar-refractivity contribution in [2.24, 2.45) is 11.8 Å². The number of carbonyl (C=O) groups is 1. The monoisotopic (exact) mass is 1280 g/mol. The lowest BCUT2D eigenvalue weighted by atomic mass is 9.85. The number of rotatable bonds is 48. The van der Waals surface area contributed by atoms with Gasteiger partial charge in [0, 0.05) is 46.2 Å². The van der Waals surface area contributed by atoms with Gasteiger partial charge in [0.05, 0.1) is 54.6 Å². The molecule has 4 heterocycles. The van der Waals surface area contributed by atoms with Crippen LogP contribution in [-0.4, -0.2) is 45.3 Å². The van der Waals surface area contributed by atoms with Gasteiger partial charge in [-0.3, -0.25) is 4.79 Å². The van der Waals surface area contributed by atoms with Gasteiger partial charge >= 0.3 is 0 Å². The summed E-state index contributed by atoms with van der Waals surface area (Å²) in [6.07, 6.45) is 54.5. The molecule has 7 nitrogen and oxygen atoms in total. The molecule has 500 valence electrons. The highest BCUT2D eigenvalue weighted by Gasteiger charge is 2.28. The number of fused-ring (bicyclic) bond motifs is 8.